The lowest BCUT2D eigenvalue weighted by molar-refractivity contribution is -0.144. The molecular formula is C11H13N3O3. The van der Waals surface area contributed by atoms with Crippen LogP contribution in [0.5, 0.6) is 0 Å². The van der Waals surface area contributed by atoms with E-state index in [9.17, 15) is 9.59 Å². The molecule has 0 aliphatic heterocycles. The van der Waals surface area contributed by atoms with Crippen LogP contribution >= 0.6 is 0 Å². The van der Waals surface area contributed by atoms with Crippen LogP contribution in [0.2, 0.25) is 0 Å². The Morgan fingerprint density at radius 1 is 1.41 bits per heavy atom. The summed E-state index contributed by atoms with van der Waals surface area (Å²) in [6.07, 6.45) is 1.62. The largest absolute Gasteiger partial charge is 0.480 e. The number of aldehydes is 1. The summed E-state index contributed by atoms with van der Waals surface area (Å²) in [5, 5.41) is 12.4. The molecule has 0 aromatic heterocycles. The fourth-order valence-electron chi connectivity index (χ4n) is 1.41. The van der Waals surface area contributed by atoms with Crippen molar-refractivity contribution in [2.24, 2.45) is 16.7 Å². The summed E-state index contributed by atoms with van der Waals surface area (Å²) in [5.74, 6) is 3.74. The number of carboxylic acids is 1. The van der Waals surface area contributed by atoms with Gasteiger partial charge in [0.25, 0.3) is 0 Å². The molecule has 1 rings (SSSR count). The van der Waals surface area contributed by atoms with Gasteiger partial charge in [0.1, 0.15) is 11.8 Å². The first-order valence-corrected chi connectivity index (χ1v) is 4.84. The van der Waals surface area contributed by atoms with E-state index in [0.717, 1.165) is 5.56 Å². The maximum absolute atomic E-state index is 11.1. The SMILES string of the molecule is NN=Cc1ccc(C(N)(CC=O)C(=O)O)cc1. The van der Waals surface area contributed by atoms with Crippen molar-refractivity contribution in [3.05, 3.63) is 35.4 Å². The number of hydrogen-bond donors (Lipinski definition) is 3. The van der Waals surface area contributed by atoms with Crippen molar-refractivity contribution >= 4 is 18.5 Å². The first-order valence-electron chi connectivity index (χ1n) is 4.84. The van der Waals surface area contributed by atoms with Crippen molar-refractivity contribution in [1.29, 1.82) is 0 Å². The highest BCUT2D eigenvalue weighted by atomic mass is 16.4. The molecule has 90 valence electrons. The normalized spacial score (nSPS) is 14.4. The average molecular weight is 235 g/mol. The minimum absolute atomic E-state index is 0.285. The summed E-state index contributed by atoms with van der Waals surface area (Å²) >= 11 is 0. The molecule has 6 nitrogen and oxygen atoms in total. The summed E-state index contributed by atoms with van der Waals surface area (Å²) < 4.78 is 0. The molecule has 1 atom stereocenters. The summed E-state index contributed by atoms with van der Waals surface area (Å²) in [7, 11) is 0. The number of rotatable bonds is 5. The van der Waals surface area contributed by atoms with Crippen molar-refractivity contribution in [2.45, 2.75) is 12.0 Å². The Hall–Kier alpha value is -2.21. The molecule has 1 unspecified atom stereocenters. The van der Waals surface area contributed by atoms with Crippen molar-refractivity contribution in [2.75, 3.05) is 0 Å². The second kappa shape index (κ2) is 5.22. The van der Waals surface area contributed by atoms with Crippen molar-refractivity contribution in [1.82, 2.24) is 0 Å². The van der Waals surface area contributed by atoms with E-state index in [1.807, 2.05) is 0 Å². The molecule has 0 saturated heterocycles. The highest BCUT2D eigenvalue weighted by Gasteiger charge is 2.35. The van der Waals surface area contributed by atoms with Crippen LogP contribution in [0.15, 0.2) is 29.4 Å². The van der Waals surface area contributed by atoms with E-state index in [2.05, 4.69) is 5.10 Å². The molecule has 0 aliphatic carbocycles. The molecule has 0 aliphatic rings. The number of carboxylic acid groups (broad SMARTS) is 1. The lowest BCUT2D eigenvalue weighted by Gasteiger charge is -2.22. The van der Waals surface area contributed by atoms with Crippen LogP contribution < -0.4 is 11.6 Å². The lowest BCUT2D eigenvalue weighted by atomic mass is 9.88. The van der Waals surface area contributed by atoms with Crippen LogP contribution in [0, 0.1) is 0 Å². The zero-order chi connectivity index (χ0) is 12.9. The van der Waals surface area contributed by atoms with Crippen LogP contribution in [-0.4, -0.2) is 23.6 Å². The Labute approximate surface area is 97.9 Å². The molecule has 0 radical (unpaired) electrons. The minimum Gasteiger partial charge on any atom is -0.480 e. The molecule has 0 bridgehead atoms. The van der Waals surface area contributed by atoms with Gasteiger partial charge in [0.05, 0.1) is 6.21 Å². The van der Waals surface area contributed by atoms with E-state index < -0.39 is 11.5 Å². The number of hydrogen-bond acceptors (Lipinski definition) is 5. The van der Waals surface area contributed by atoms with Gasteiger partial charge in [-0.15, -0.1) is 0 Å². The van der Waals surface area contributed by atoms with Gasteiger partial charge >= 0.3 is 5.97 Å². The number of nitrogens with two attached hydrogens (primary N) is 2. The molecule has 0 spiro atoms. The number of aliphatic carboxylic acids is 1. The number of carbonyl (C=O) groups is 2. The van der Waals surface area contributed by atoms with Crippen LogP contribution in [0.25, 0.3) is 0 Å². The molecule has 6 heteroatoms. The third kappa shape index (κ3) is 2.67. The van der Waals surface area contributed by atoms with Gasteiger partial charge in [-0.3, -0.25) is 0 Å². The van der Waals surface area contributed by atoms with E-state index >= 15 is 0 Å². The molecule has 0 saturated carbocycles. The molecule has 1 aromatic carbocycles. The maximum Gasteiger partial charge on any atom is 0.328 e. The van der Waals surface area contributed by atoms with E-state index in [-0.39, 0.29) is 6.42 Å². The summed E-state index contributed by atoms with van der Waals surface area (Å²) in [5.41, 5.74) is 5.08. The predicted octanol–water partition coefficient (Wildman–Crippen LogP) is -0.193. The average Bonchev–Trinajstić information content (AvgIpc) is 2.30. The Balaban J connectivity index is 3.12. The smallest absolute Gasteiger partial charge is 0.328 e. The molecule has 17 heavy (non-hydrogen) atoms. The van der Waals surface area contributed by atoms with Gasteiger partial charge in [-0.05, 0) is 11.1 Å². The lowest BCUT2D eigenvalue weighted by Crippen LogP contribution is -2.45. The van der Waals surface area contributed by atoms with Gasteiger partial charge < -0.3 is 21.5 Å². The van der Waals surface area contributed by atoms with Gasteiger partial charge in [0.15, 0.2) is 0 Å². The first-order chi connectivity index (χ1) is 8.04. The topological polar surface area (TPSA) is 119 Å². The van der Waals surface area contributed by atoms with Gasteiger partial charge in [-0.1, -0.05) is 24.3 Å². The molecule has 5 N–H and O–H groups in total. The van der Waals surface area contributed by atoms with Crippen LogP contribution in [0.3, 0.4) is 0 Å². The van der Waals surface area contributed by atoms with Crippen LogP contribution in [-0.2, 0) is 15.1 Å². The number of carbonyl (C=O) groups excluding carboxylic acids is 1. The second-order valence-electron chi connectivity index (χ2n) is 3.55. The first kappa shape index (κ1) is 12.9. The predicted molar refractivity (Wildman–Crippen MR) is 62.4 cm³/mol. The van der Waals surface area contributed by atoms with E-state index in [0.29, 0.717) is 11.8 Å². The van der Waals surface area contributed by atoms with Gasteiger partial charge in [0.2, 0.25) is 0 Å². The molecule has 0 amide bonds. The Bertz CT molecular complexity index is 442. The minimum atomic E-state index is -1.69. The third-order valence-corrected chi connectivity index (χ3v) is 2.44. The highest BCUT2D eigenvalue weighted by Crippen LogP contribution is 2.21. The zero-order valence-electron chi connectivity index (χ0n) is 9.04. The quantitative estimate of drug-likeness (QED) is 0.283. The van der Waals surface area contributed by atoms with Crippen molar-refractivity contribution in [3.63, 3.8) is 0 Å². The standard InChI is InChI=1S/C11H13N3O3/c12-11(5-6-15,10(16)17)9-3-1-8(2-4-9)7-14-13/h1-4,6-7H,5,12-13H2,(H,16,17). The fourth-order valence-corrected chi connectivity index (χ4v) is 1.41. The molecule has 0 heterocycles. The number of hydrazone groups is 1. The number of benzene rings is 1. The summed E-state index contributed by atoms with van der Waals surface area (Å²) in [6, 6.07) is 6.32. The van der Waals surface area contributed by atoms with Crippen LogP contribution in [0.4, 0.5) is 0 Å². The van der Waals surface area contributed by atoms with Crippen LogP contribution in [0.1, 0.15) is 17.5 Å². The Kier molecular flexibility index (Phi) is 3.95. The highest BCUT2D eigenvalue weighted by molar-refractivity contribution is 5.84. The monoisotopic (exact) mass is 235 g/mol. The summed E-state index contributed by atoms with van der Waals surface area (Å²) in [4.78, 5) is 21.6. The van der Waals surface area contributed by atoms with E-state index in [4.69, 9.17) is 16.7 Å². The van der Waals surface area contributed by atoms with Crippen molar-refractivity contribution in [3.8, 4) is 0 Å². The maximum atomic E-state index is 11.1. The second-order valence-corrected chi connectivity index (χ2v) is 3.55. The molecule has 0 fully saturated rings. The van der Waals surface area contributed by atoms with E-state index in [1.165, 1.54) is 18.3 Å². The van der Waals surface area contributed by atoms with Gasteiger partial charge in [-0.25, -0.2) is 4.79 Å². The molecule has 1 aromatic rings. The zero-order valence-corrected chi connectivity index (χ0v) is 9.04. The van der Waals surface area contributed by atoms with E-state index in [1.54, 1.807) is 12.1 Å². The number of nitrogens with zero attached hydrogens (tertiary/aromatic N) is 1. The Morgan fingerprint density at radius 3 is 2.41 bits per heavy atom. The van der Waals surface area contributed by atoms with Gasteiger partial charge in [0, 0.05) is 6.42 Å². The summed E-state index contributed by atoms with van der Waals surface area (Å²) in [6.45, 7) is 0. The third-order valence-electron chi connectivity index (χ3n) is 2.44. The molecular weight excluding hydrogens is 222 g/mol. The fraction of sp³-hybridized carbons (Fsp3) is 0.182. The Morgan fingerprint density at radius 2 is 2.00 bits per heavy atom. The van der Waals surface area contributed by atoms with Crippen molar-refractivity contribution < 1.29 is 14.7 Å². The van der Waals surface area contributed by atoms with Gasteiger partial charge in [-0.2, -0.15) is 5.10 Å².